The normalized spacial score (nSPS) is 20.9. The molecule has 0 spiro atoms. The third-order valence-electron chi connectivity index (χ3n) is 9.06. The number of rotatable bonds is 16. The molecule has 0 aromatic heterocycles. The van der Waals surface area contributed by atoms with Crippen LogP contribution in [0.4, 0.5) is 0 Å². The van der Waals surface area contributed by atoms with E-state index in [-0.39, 0.29) is 30.7 Å². The van der Waals surface area contributed by atoms with Crippen molar-refractivity contribution in [3.05, 3.63) is 0 Å². The van der Waals surface area contributed by atoms with Crippen molar-refractivity contribution < 1.29 is 33.5 Å². The SMILES string of the molecule is CCCCCCC(=O)OCC(=O)[C@H](C[C@@H]1CCNC1=O)NC(=O)[C@H](CC1CCCCC1)NC(=O)C(=O)NC1CCCCC1. The average Bonchev–Trinajstić information content (AvgIpc) is 3.42. The zero-order valence-corrected chi connectivity index (χ0v) is 25.9. The Morgan fingerprint density at radius 1 is 0.814 bits per heavy atom. The Morgan fingerprint density at radius 3 is 2.16 bits per heavy atom. The van der Waals surface area contributed by atoms with Gasteiger partial charge in [-0.1, -0.05) is 77.6 Å². The topological polar surface area (TPSA) is 160 Å². The van der Waals surface area contributed by atoms with Gasteiger partial charge in [0.1, 0.15) is 6.04 Å². The second-order valence-electron chi connectivity index (χ2n) is 12.6. The van der Waals surface area contributed by atoms with E-state index < -0.39 is 54.1 Å². The van der Waals surface area contributed by atoms with Gasteiger partial charge in [0.25, 0.3) is 0 Å². The van der Waals surface area contributed by atoms with Crippen LogP contribution in [-0.2, 0) is 33.5 Å². The van der Waals surface area contributed by atoms with Crippen molar-refractivity contribution in [2.45, 2.75) is 141 Å². The summed E-state index contributed by atoms with van der Waals surface area (Å²) in [4.78, 5) is 77.1. The van der Waals surface area contributed by atoms with Crippen LogP contribution in [0.15, 0.2) is 0 Å². The first-order valence-corrected chi connectivity index (χ1v) is 16.6. The number of hydrogen-bond acceptors (Lipinski definition) is 7. The molecule has 0 bridgehead atoms. The third kappa shape index (κ3) is 12.3. The molecule has 11 nitrogen and oxygen atoms in total. The number of nitrogens with one attached hydrogen (secondary N) is 4. The average molecular weight is 605 g/mol. The molecule has 3 rings (SSSR count). The first-order valence-electron chi connectivity index (χ1n) is 16.6. The summed E-state index contributed by atoms with van der Waals surface area (Å²) in [6.07, 6.45) is 14.6. The molecule has 3 aliphatic rings. The fraction of sp³-hybridized carbons (Fsp3) is 0.812. The molecule has 4 amide bonds. The maximum Gasteiger partial charge on any atom is 0.309 e. The molecular formula is C32H52N4O7. The fourth-order valence-electron chi connectivity index (χ4n) is 6.43. The summed E-state index contributed by atoms with van der Waals surface area (Å²) in [5.41, 5.74) is 0. The first-order chi connectivity index (χ1) is 20.8. The lowest BCUT2D eigenvalue weighted by Gasteiger charge is -2.28. The van der Waals surface area contributed by atoms with Gasteiger partial charge >= 0.3 is 17.8 Å². The Balaban J connectivity index is 1.65. The van der Waals surface area contributed by atoms with E-state index in [1.165, 1.54) is 0 Å². The predicted molar refractivity (Wildman–Crippen MR) is 161 cm³/mol. The summed E-state index contributed by atoms with van der Waals surface area (Å²) >= 11 is 0. The number of unbranched alkanes of at least 4 members (excludes halogenated alkanes) is 3. The van der Waals surface area contributed by atoms with Crippen molar-refractivity contribution in [1.29, 1.82) is 0 Å². The second kappa shape index (κ2) is 18.6. The molecule has 242 valence electrons. The van der Waals surface area contributed by atoms with Gasteiger partial charge in [0, 0.05) is 24.9 Å². The molecule has 1 saturated heterocycles. The molecule has 0 aromatic carbocycles. The number of esters is 1. The monoisotopic (exact) mass is 604 g/mol. The smallest absolute Gasteiger partial charge is 0.309 e. The standard InChI is InChI=1S/C32H52N4O7/c1-2-3-4-11-16-28(38)43-21-27(37)25(20-23-17-18-33-29(23)39)35-30(40)26(19-22-12-7-5-8-13-22)36-32(42)31(41)34-24-14-9-6-10-15-24/h22-26H,2-21H2,1H3,(H,33,39)(H,34,41)(H,35,40)(H,36,42)/t23-,25-,26-/m0/s1. The molecule has 1 heterocycles. The van der Waals surface area contributed by atoms with Gasteiger partial charge in [0.05, 0.1) is 6.04 Å². The van der Waals surface area contributed by atoms with Crippen LogP contribution in [0.3, 0.4) is 0 Å². The second-order valence-corrected chi connectivity index (χ2v) is 12.6. The van der Waals surface area contributed by atoms with E-state index in [4.69, 9.17) is 4.74 Å². The van der Waals surface area contributed by atoms with Gasteiger partial charge in [-0.3, -0.25) is 28.8 Å². The van der Waals surface area contributed by atoms with Gasteiger partial charge in [-0.15, -0.1) is 0 Å². The quantitative estimate of drug-likeness (QED) is 0.120. The number of amides is 4. The van der Waals surface area contributed by atoms with E-state index >= 15 is 0 Å². The van der Waals surface area contributed by atoms with Crippen LogP contribution >= 0.6 is 0 Å². The summed E-state index contributed by atoms with van der Waals surface area (Å²) in [7, 11) is 0. The van der Waals surface area contributed by atoms with Gasteiger partial charge in [0.2, 0.25) is 11.8 Å². The summed E-state index contributed by atoms with van der Waals surface area (Å²) in [6.45, 7) is 2.06. The number of ether oxygens (including phenoxy) is 1. The van der Waals surface area contributed by atoms with Gasteiger partial charge in [-0.2, -0.15) is 0 Å². The number of carbonyl (C=O) groups excluding carboxylic acids is 6. The van der Waals surface area contributed by atoms with E-state index in [1.807, 2.05) is 0 Å². The molecule has 43 heavy (non-hydrogen) atoms. The van der Waals surface area contributed by atoms with Crippen molar-refractivity contribution in [2.75, 3.05) is 13.2 Å². The maximum absolute atomic E-state index is 13.7. The van der Waals surface area contributed by atoms with Crippen LogP contribution < -0.4 is 21.3 Å². The zero-order valence-electron chi connectivity index (χ0n) is 25.9. The lowest BCUT2D eigenvalue weighted by molar-refractivity contribution is -0.149. The highest BCUT2D eigenvalue weighted by molar-refractivity contribution is 6.35. The highest BCUT2D eigenvalue weighted by Crippen LogP contribution is 2.28. The Bertz CT molecular complexity index is 959. The number of Topliss-reactive ketones (excluding diaryl/α,β-unsaturated/α-hetero) is 1. The minimum atomic E-state index is -1.07. The summed E-state index contributed by atoms with van der Waals surface area (Å²) in [5, 5.41) is 10.9. The van der Waals surface area contributed by atoms with Gasteiger partial charge in [0.15, 0.2) is 12.4 Å². The Morgan fingerprint density at radius 2 is 1.51 bits per heavy atom. The largest absolute Gasteiger partial charge is 0.458 e. The van der Waals surface area contributed by atoms with E-state index in [9.17, 15) is 28.8 Å². The fourth-order valence-corrected chi connectivity index (χ4v) is 6.43. The third-order valence-corrected chi connectivity index (χ3v) is 9.06. The molecule has 0 unspecified atom stereocenters. The summed E-state index contributed by atoms with van der Waals surface area (Å²) < 4.78 is 5.23. The molecule has 3 fully saturated rings. The van der Waals surface area contributed by atoms with Crippen LogP contribution in [0, 0.1) is 11.8 Å². The Labute approximate surface area is 255 Å². The van der Waals surface area contributed by atoms with E-state index in [2.05, 4.69) is 28.2 Å². The molecule has 2 aliphatic carbocycles. The lowest BCUT2D eigenvalue weighted by Crippen LogP contribution is -2.56. The number of carbonyl (C=O) groups is 6. The Hall–Kier alpha value is -2.98. The van der Waals surface area contributed by atoms with Crippen LogP contribution in [0.5, 0.6) is 0 Å². The van der Waals surface area contributed by atoms with Crippen LogP contribution in [-0.4, -0.2) is 66.7 Å². The van der Waals surface area contributed by atoms with Crippen molar-refractivity contribution >= 4 is 35.4 Å². The number of hydrogen-bond donors (Lipinski definition) is 4. The molecule has 0 aromatic rings. The van der Waals surface area contributed by atoms with Crippen LogP contribution in [0.25, 0.3) is 0 Å². The van der Waals surface area contributed by atoms with Gasteiger partial charge in [-0.25, -0.2) is 0 Å². The summed E-state index contributed by atoms with van der Waals surface area (Å²) in [5.74, 6) is -3.63. The molecule has 3 atom stereocenters. The molecule has 11 heteroatoms. The number of ketones is 1. The van der Waals surface area contributed by atoms with E-state index in [0.717, 1.165) is 83.5 Å². The van der Waals surface area contributed by atoms with E-state index in [0.29, 0.717) is 25.8 Å². The lowest BCUT2D eigenvalue weighted by atomic mass is 9.84. The van der Waals surface area contributed by atoms with Crippen molar-refractivity contribution in [3.8, 4) is 0 Å². The predicted octanol–water partition coefficient (Wildman–Crippen LogP) is 2.98. The molecule has 0 radical (unpaired) electrons. The summed E-state index contributed by atoms with van der Waals surface area (Å²) in [6, 6.07) is -2.14. The molecular weight excluding hydrogens is 552 g/mol. The minimum Gasteiger partial charge on any atom is -0.458 e. The maximum atomic E-state index is 13.7. The van der Waals surface area contributed by atoms with Crippen molar-refractivity contribution in [3.63, 3.8) is 0 Å². The van der Waals surface area contributed by atoms with Gasteiger partial charge < -0.3 is 26.0 Å². The zero-order chi connectivity index (χ0) is 31.0. The van der Waals surface area contributed by atoms with Crippen molar-refractivity contribution in [1.82, 2.24) is 21.3 Å². The van der Waals surface area contributed by atoms with Gasteiger partial charge in [-0.05, 0) is 44.4 Å². The first kappa shape index (κ1) is 34.5. The minimum absolute atomic E-state index is 0.0495. The van der Waals surface area contributed by atoms with Crippen LogP contribution in [0.2, 0.25) is 0 Å². The molecule has 4 N–H and O–H groups in total. The van der Waals surface area contributed by atoms with Crippen LogP contribution in [0.1, 0.15) is 122 Å². The van der Waals surface area contributed by atoms with Crippen molar-refractivity contribution in [2.24, 2.45) is 11.8 Å². The molecule has 1 aliphatic heterocycles. The highest BCUT2D eigenvalue weighted by Gasteiger charge is 2.35. The van der Waals surface area contributed by atoms with E-state index in [1.54, 1.807) is 0 Å². The Kier molecular flexibility index (Phi) is 15.0. The molecule has 2 saturated carbocycles. The highest BCUT2D eigenvalue weighted by atomic mass is 16.5.